The number of methoxy groups -OCH3 is 1. The Bertz CT molecular complexity index is 1410. The van der Waals surface area contributed by atoms with Crippen molar-refractivity contribution < 1.29 is 23.9 Å². The standard InChI is InChI=1S/C36H37NO5/c1-41-26-42-35-33(30-17-10-15-28(20-30)24-38)22-32(23-34(35)31-18-11-16-29(21-31)25-39)36(40)37-19-9-4-2-3-6-12-27-13-7-5-8-14-27/h5,7-8,10-11,13-18,20-25H,2-4,6,9,12,19,26H2,1H3,(H,37,40). The van der Waals surface area contributed by atoms with Gasteiger partial charge in [-0.15, -0.1) is 0 Å². The molecule has 42 heavy (non-hydrogen) atoms. The van der Waals surface area contributed by atoms with Crippen molar-refractivity contribution >= 4 is 18.5 Å². The molecule has 6 nitrogen and oxygen atoms in total. The van der Waals surface area contributed by atoms with E-state index >= 15 is 0 Å². The van der Waals surface area contributed by atoms with E-state index in [0.29, 0.717) is 40.1 Å². The fourth-order valence-electron chi connectivity index (χ4n) is 4.95. The van der Waals surface area contributed by atoms with Crippen LogP contribution < -0.4 is 10.1 Å². The summed E-state index contributed by atoms with van der Waals surface area (Å²) in [6, 6.07) is 28.4. The Morgan fingerprint density at radius 1 is 0.714 bits per heavy atom. The van der Waals surface area contributed by atoms with Gasteiger partial charge in [0.25, 0.3) is 5.91 Å². The van der Waals surface area contributed by atoms with Crippen molar-refractivity contribution in [2.45, 2.75) is 38.5 Å². The second-order valence-electron chi connectivity index (χ2n) is 10.2. The molecule has 6 heteroatoms. The van der Waals surface area contributed by atoms with E-state index in [-0.39, 0.29) is 12.7 Å². The second kappa shape index (κ2) is 16.0. The van der Waals surface area contributed by atoms with Gasteiger partial charge in [-0.1, -0.05) is 86.0 Å². The summed E-state index contributed by atoms with van der Waals surface area (Å²) in [4.78, 5) is 36.4. The van der Waals surface area contributed by atoms with Crippen LogP contribution in [0.2, 0.25) is 0 Å². The molecule has 0 radical (unpaired) electrons. The summed E-state index contributed by atoms with van der Waals surface area (Å²) in [6.45, 7) is 0.559. The van der Waals surface area contributed by atoms with Crippen LogP contribution in [0.3, 0.4) is 0 Å². The van der Waals surface area contributed by atoms with E-state index in [1.807, 2.05) is 18.2 Å². The fraction of sp³-hybridized carbons (Fsp3) is 0.250. The number of rotatable bonds is 16. The van der Waals surface area contributed by atoms with Gasteiger partial charge >= 0.3 is 0 Å². The summed E-state index contributed by atoms with van der Waals surface area (Å²) in [7, 11) is 1.53. The Labute approximate surface area is 247 Å². The zero-order valence-electron chi connectivity index (χ0n) is 24.0. The SMILES string of the molecule is COCOc1c(-c2cccc(C=O)c2)cc(C(=O)NCCCCCCCc2ccccc2)cc1-c1cccc(C=O)c1. The number of unbranched alkanes of at least 4 members (excludes halogenated alkanes) is 4. The highest BCUT2D eigenvalue weighted by Gasteiger charge is 2.19. The summed E-state index contributed by atoms with van der Waals surface area (Å²) in [5, 5.41) is 3.06. The largest absolute Gasteiger partial charge is 0.466 e. The highest BCUT2D eigenvalue weighted by molar-refractivity contribution is 5.99. The van der Waals surface area contributed by atoms with Gasteiger partial charge in [0.1, 0.15) is 18.3 Å². The van der Waals surface area contributed by atoms with Gasteiger partial charge < -0.3 is 14.8 Å². The topological polar surface area (TPSA) is 81.7 Å². The van der Waals surface area contributed by atoms with Crippen LogP contribution in [0.1, 0.15) is 68.7 Å². The summed E-state index contributed by atoms with van der Waals surface area (Å²) in [5.74, 6) is 0.299. The predicted molar refractivity (Wildman–Crippen MR) is 166 cm³/mol. The van der Waals surface area contributed by atoms with Crippen LogP contribution in [0.5, 0.6) is 5.75 Å². The molecule has 0 aromatic heterocycles. The van der Waals surface area contributed by atoms with E-state index in [1.165, 1.54) is 12.7 Å². The van der Waals surface area contributed by atoms with E-state index in [9.17, 15) is 14.4 Å². The molecule has 4 aromatic carbocycles. The van der Waals surface area contributed by atoms with E-state index < -0.39 is 0 Å². The fourth-order valence-corrected chi connectivity index (χ4v) is 4.95. The van der Waals surface area contributed by atoms with Gasteiger partial charge in [-0.25, -0.2) is 0 Å². The lowest BCUT2D eigenvalue weighted by molar-refractivity contribution is 0.0519. The van der Waals surface area contributed by atoms with E-state index in [1.54, 1.807) is 48.5 Å². The lowest BCUT2D eigenvalue weighted by Gasteiger charge is -2.19. The molecule has 0 heterocycles. The van der Waals surface area contributed by atoms with Crippen LogP contribution in [0, 0.1) is 0 Å². The van der Waals surface area contributed by atoms with Gasteiger partial charge in [-0.3, -0.25) is 14.4 Å². The Balaban J connectivity index is 1.51. The van der Waals surface area contributed by atoms with E-state index in [4.69, 9.17) is 9.47 Å². The van der Waals surface area contributed by atoms with Crippen LogP contribution in [0.25, 0.3) is 22.3 Å². The number of amides is 1. The van der Waals surface area contributed by atoms with Crippen LogP contribution in [-0.4, -0.2) is 38.9 Å². The quantitative estimate of drug-likeness (QED) is 0.0865. The first-order valence-corrected chi connectivity index (χ1v) is 14.4. The number of carbonyl (C=O) groups excluding carboxylic acids is 3. The molecule has 4 aromatic rings. The molecule has 0 unspecified atom stereocenters. The average molecular weight is 564 g/mol. The van der Waals surface area contributed by atoms with Crippen molar-refractivity contribution in [2.75, 3.05) is 20.4 Å². The third-order valence-corrected chi connectivity index (χ3v) is 7.11. The Hall–Kier alpha value is -4.55. The maximum absolute atomic E-state index is 13.4. The molecule has 0 saturated carbocycles. The normalized spacial score (nSPS) is 10.7. The van der Waals surface area contributed by atoms with Gasteiger partial charge in [0.2, 0.25) is 0 Å². The molecular weight excluding hydrogens is 526 g/mol. The van der Waals surface area contributed by atoms with Crippen LogP contribution in [0.15, 0.2) is 91.0 Å². The zero-order valence-corrected chi connectivity index (χ0v) is 24.0. The van der Waals surface area contributed by atoms with Gasteiger partial charge in [-0.05, 0) is 60.2 Å². The highest BCUT2D eigenvalue weighted by atomic mass is 16.7. The molecule has 1 N–H and O–H groups in total. The van der Waals surface area contributed by atoms with Gasteiger partial charge in [0.15, 0.2) is 6.79 Å². The number of ether oxygens (including phenoxy) is 2. The number of nitrogens with one attached hydrogen (secondary N) is 1. The first-order valence-electron chi connectivity index (χ1n) is 14.4. The maximum Gasteiger partial charge on any atom is 0.251 e. The van der Waals surface area contributed by atoms with Crippen molar-refractivity contribution in [3.05, 3.63) is 113 Å². The predicted octanol–water partition coefficient (Wildman–Crippen LogP) is 7.55. The molecule has 0 saturated heterocycles. The molecular formula is C36H37NO5. The summed E-state index contributed by atoms with van der Waals surface area (Å²) >= 11 is 0. The molecule has 0 atom stereocenters. The molecule has 0 bridgehead atoms. The third kappa shape index (κ3) is 8.48. The first kappa shape index (κ1) is 30.4. The number of benzene rings is 4. The zero-order chi connectivity index (χ0) is 29.6. The molecule has 1 amide bonds. The molecule has 0 aliphatic carbocycles. The smallest absolute Gasteiger partial charge is 0.251 e. The number of aldehydes is 2. The van der Waals surface area contributed by atoms with Crippen LogP contribution >= 0.6 is 0 Å². The lowest BCUT2D eigenvalue weighted by Crippen LogP contribution is -2.24. The molecule has 0 aliphatic rings. The number of carbonyl (C=O) groups is 3. The van der Waals surface area contributed by atoms with Crippen LogP contribution in [-0.2, 0) is 11.2 Å². The first-order chi connectivity index (χ1) is 20.6. The minimum Gasteiger partial charge on any atom is -0.466 e. The molecule has 0 aliphatic heterocycles. The highest BCUT2D eigenvalue weighted by Crippen LogP contribution is 2.41. The molecule has 4 rings (SSSR count). The monoisotopic (exact) mass is 563 g/mol. The van der Waals surface area contributed by atoms with Gasteiger partial charge in [0.05, 0.1) is 0 Å². The van der Waals surface area contributed by atoms with Crippen molar-refractivity contribution in [1.29, 1.82) is 0 Å². The summed E-state index contributed by atoms with van der Waals surface area (Å²) in [5.41, 5.74) is 5.59. The second-order valence-corrected chi connectivity index (χ2v) is 10.2. The maximum atomic E-state index is 13.4. The van der Waals surface area contributed by atoms with Crippen LogP contribution in [0.4, 0.5) is 0 Å². The van der Waals surface area contributed by atoms with Gasteiger partial charge in [-0.2, -0.15) is 0 Å². The minimum atomic E-state index is -0.196. The average Bonchev–Trinajstić information content (AvgIpc) is 3.05. The Morgan fingerprint density at radius 3 is 1.90 bits per heavy atom. The third-order valence-electron chi connectivity index (χ3n) is 7.11. The number of aryl methyl sites for hydroxylation is 1. The Morgan fingerprint density at radius 2 is 1.31 bits per heavy atom. The molecule has 216 valence electrons. The molecule has 0 spiro atoms. The van der Waals surface area contributed by atoms with Crippen molar-refractivity contribution in [1.82, 2.24) is 5.32 Å². The van der Waals surface area contributed by atoms with Crippen molar-refractivity contribution in [3.63, 3.8) is 0 Å². The summed E-state index contributed by atoms with van der Waals surface area (Å²) in [6.07, 6.45) is 8.06. The Kier molecular flexibility index (Phi) is 11.6. The number of hydrogen-bond donors (Lipinski definition) is 1. The van der Waals surface area contributed by atoms with Crippen molar-refractivity contribution in [3.8, 4) is 28.0 Å². The minimum absolute atomic E-state index is 0.0162. The van der Waals surface area contributed by atoms with E-state index in [0.717, 1.165) is 62.2 Å². The van der Waals surface area contributed by atoms with E-state index in [2.05, 4.69) is 29.6 Å². The summed E-state index contributed by atoms with van der Waals surface area (Å²) < 4.78 is 11.3. The molecule has 0 fully saturated rings. The van der Waals surface area contributed by atoms with Gasteiger partial charge in [0, 0.05) is 41.5 Å². The van der Waals surface area contributed by atoms with Crippen molar-refractivity contribution in [2.24, 2.45) is 0 Å². The lowest BCUT2D eigenvalue weighted by atomic mass is 9.93. The number of hydrogen-bond acceptors (Lipinski definition) is 5.